The lowest BCUT2D eigenvalue weighted by Crippen LogP contribution is -2.57. The van der Waals surface area contributed by atoms with Crippen molar-refractivity contribution in [3.8, 4) is 0 Å². The Morgan fingerprint density at radius 3 is 2.41 bits per heavy atom. The van der Waals surface area contributed by atoms with E-state index in [1.807, 2.05) is 0 Å². The molecule has 0 aromatic heterocycles. The third-order valence-electron chi connectivity index (χ3n) is 8.39. The van der Waals surface area contributed by atoms with Gasteiger partial charge in [0.15, 0.2) is 0 Å². The van der Waals surface area contributed by atoms with E-state index in [9.17, 15) is 15.0 Å². The summed E-state index contributed by atoms with van der Waals surface area (Å²) in [6.45, 7) is 4.61. The molecule has 4 aliphatic rings. The first-order valence-electron chi connectivity index (χ1n) is 9.25. The minimum Gasteiger partial charge on any atom is -0.393 e. The van der Waals surface area contributed by atoms with Crippen LogP contribution in [0.5, 0.6) is 0 Å². The van der Waals surface area contributed by atoms with Gasteiger partial charge in [0.05, 0.1) is 12.2 Å². The van der Waals surface area contributed by atoms with Crippen LogP contribution < -0.4 is 0 Å². The molecule has 124 valence electrons. The number of aliphatic hydroxyl groups is 2. The summed E-state index contributed by atoms with van der Waals surface area (Å²) in [5.74, 6) is 1.85. The zero-order valence-corrected chi connectivity index (χ0v) is 13.9. The molecule has 0 aromatic carbocycles. The van der Waals surface area contributed by atoms with Gasteiger partial charge in [-0.2, -0.15) is 0 Å². The summed E-state index contributed by atoms with van der Waals surface area (Å²) in [7, 11) is 0. The van der Waals surface area contributed by atoms with Crippen molar-refractivity contribution in [2.45, 2.75) is 77.4 Å². The smallest absolute Gasteiger partial charge is 0.136 e. The van der Waals surface area contributed by atoms with Gasteiger partial charge in [-0.3, -0.25) is 4.79 Å². The number of hydrogen-bond acceptors (Lipinski definition) is 3. The lowest BCUT2D eigenvalue weighted by molar-refractivity contribution is -0.162. The van der Waals surface area contributed by atoms with Gasteiger partial charge in [-0.25, -0.2) is 0 Å². The lowest BCUT2D eigenvalue weighted by atomic mass is 9.45. The number of hydrogen-bond donors (Lipinski definition) is 2. The van der Waals surface area contributed by atoms with E-state index < -0.39 is 0 Å². The second-order valence-electron chi connectivity index (χ2n) is 9.18. The number of rotatable bonds is 0. The number of carbonyl (C=O) groups is 1. The van der Waals surface area contributed by atoms with Crippen LogP contribution in [0.15, 0.2) is 0 Å². The predicted octanol–water partition coefficient (Wildman–Crippen LogP) is 2.93. The molecule has 3 nitrogen and oxygen atoms in total. The van der Waals surface area contributed by atoms with Gasteiger partial charge in [0.25, 0.3) is 0 Å². The molecule has 4 fully saturated rings. The Bertz CT molecular complexity index is 489. The lowest BCUT2D eigenvalue weighted by Gasteiger charge is -2.59. The molecule has 2 N–H and O–H groups in total. The predicted molar refractivity (Wildman–Crippen MR) is 84.1 cm³/mol. The molecule has 0 heterocycles. The number of Topliss-reactive ketones (excluding diaryl/α,β-unsaturated/α-hetero) is 1. The monoisotopic (exact) mass is 306 g/mol. The van der Waals surface area contributed by atoms with Crippen LogP contribution in [-0.2, 0) is 4.79 Å². The molecule has 22 heavy (non-hydrogen) atoms. The Kier molecular flexibility index (Phi) is 3.30. The van der Waals surface area contributed by atoms with Crippen molar-refractivity contribution in [1.29, 1.82) is 0 Å². The molecule has 0 amide bonds. The standard InChI is InChI=1S/C19H30O3/c1-18-7-5-12(20)9-11(18)10-15(21)17-13-3-4-16(22)19(13,2)8-6-14(17)18/h11-14,16-17,20,22H,3-10H2,1-2H3/t11?,12-,13-,14-,16+,17-,18-,19-/m0/s1. The number of aliphatic hydroxyl groups excluding tert-OH is 2. The van der Waals surface area contributed by atoms with Crippen LogP contribution in [0.1, 0.15) is 65.2 Å². The van der Waals surface area contributed by atoms with Crippen molar-refractivity contribution in [2.75, 3.05) is 0 Å². The summed E-state index contributed by atoms with van der Waals surface area (Å²) in [5, 5.41) is 20.5. The Balaban J connectivity index is 1.69. The first-order valence-corrected chi connectivity index (χ1v) is 9.25. The zero-order chi connectivity index (χ0) is 15.7. The van der Waals surface area contributed by atoms with Gasteiger partial charge in [0, 0.05) is 12.3 Å². The average molecular weight is 306 g/mol. The molecule has 0 aliphatic heterocycles. The van der Waals surface area contributed by atoms with E-state index >= 15 is 0 Å². The van der Waals surface area contributed by atoms with Gasteiger partial charge < -0.3 is 10.2 Å². The second-order valence-corrected chi connectivity index (χ2v) is 9.18. The van der Waals surface area contributed by atoms with E-state index in [2.05, 4.69) is 13.8 Å². The molecule has 0 spiro atoms. The molecule has 0 radical (unpaired) electrons. The number of ketones is 1. The molecular weight excluding hydrogens is 276 g/mol. The third kappa shape index (κ3) is 1.84. The van der Waals surface area contributed by atoms with E-state index in [0.29, 0.717) is 30.0 Å². The molecule has 1 unspecified atom stereocenters. The molecule has 4 aliphatic carbocycles. The van der Waals surface area contributed by atoms with Gasteiger partial charge in [-0.05, 0) is 73.5 Å². The molecule has 8 atom stereocenters. The second kappa shape index (κ2) is 4.80. The Morgan fingerprint density at radius 1 is 0.955 bits per heavy atom. The number of fused-ring (bicyclic) bond motifs is 5. The van der Waals surface area contributed by atoms with Crippen LogP contribution >= 0.6 is 0 Å². The van der Waals surface area contributed by atoms with Crippen molar-refractivity contribution < 1.29 is 15.0 Å². The van der Waals surface area contributed by atoms with Gasteiger partial charge in [-0.1, -0.05) is 13.8 Å². The van der Waals surface area contributed by atoms with E-state index in [4.69, 9.17) is 0 Å². The Hall–Kier alpha value is -0.410. The van der Waals surface area contributed by atoms with Crippen LogP contribution in [0.2, 0.25) is 0 Å². The normalized spacial score (nSPS) is 57.9. The molecule has 0 saturated heterocycles. The highest BCUT2D eigenvalue weighted by Crippen LogP contribution is 2.65. The fraction of sp³-hybridized carbons (Fsp3) is 0.947. The zero-order valence-electron chi connectivity index (χ0n) is 13.9. The Morgan fingerprint density at radius 2 is 1.64 bits per heavy atom. The van der Waals surface area contributed by atoms with Crippen LogP contribution in [0, 0.1) is 34.5 Å². The molecular formula is C19H30O3. The van der Waals surface area contributed by atoms with Crippen molar-refractivity contribution in [3.05, 3.63) is 0 Å². The maximum Gasteiger partial charge on any atom is 0.136 e. The third-order valence-corrected chi connectivity index (χ3v) is 8.39. The van der Waals surface area contributed by atoms with Crippen LogP contribution in [-0.4, -0.2) is 28.2 Å². The summed E-state index contributed by atoms with van der Waals surface area (Å²) in [6.07, 6.45) is 7.07. The minimum absolute atomic E-state index is 0.0335. The first kappa shape index (κ1) is 15.1. The summed E-state index contributed by atoms with van der Waals surface area (Å²) in [5.41, 5.74) is 0.195. The van der Waals surface area contributed by atoms with E-state index in [1.165, 1.54) is 0 Å². The summed E-state index contributed by atoms with van der Waals surface area (Å²) >= 11 is 0. The van der Waals surface area contributed by atoms with Crippen molar-refractivity contribution in [2.24, 2.45) is 34.5 Å². The van der Waals surface area contributed by atoms with Crippen molar-refractivity contribution in [3.63, 3.8) is 0 Å². The van der Waals surface area contributed by atoms with Crippen molar-refractivity contribution >= 4 is 5.78 Å². The Labute approximate surface area is 133 Å². The highest BCUT2D eigenvalue weighted by Gasteiger charge is 2.62. The van der Waals surface area contributed by atoms with Gasteiger partial charge in [0.2, 0.25) is 0 Å². The van der Waals surface area contributed by atoms with Gasteiger partial charge in [0.1, 0.15) is 5.78 Å². The molecule has 4 saturated carbocycles. The minimum atomic E-state index is -0.218. The highest BCUT2D eigenvalue weighted by atomic mass is 16.3. The maximum absolute atomic E-state index is 13.0. The quantitative estimate of drug-likeness (QED) is 0.723. The summed E-state index contributed by atoms with van der Waals surface area (Å²) in [6, 6.07) is 0. The van der Waals surface area contributed by atoms with Crippen LogP contribution in [0.25, 0.3) is 0 Å². The van der Waals surface area contributed by atoms with Crippen LogP contribution in [0.3, 0.4) is 0 Å². The fourth-order valence-corrected chi connectivity index (χ4v) is 6.88. The highest BCUT2D eigenvalue weighted by molar-refractivity contribution is 5.83. The van der Waals surface area contributed by atoms with Crippen molar-refractivity contribution in [1.82, 2.24) is 0 Å². The van der Waals surface area contributed by atoms with E-state index in [0.717, 1.165) is 44.9 Å². The number of carbonyl (C=O) groups excluding carboxylic acids is 1. The summed E-state index contributed by atoms with van der Waals surface area (Å²) < 4.78 is 0. The van der Waals surface area contributed by atoms with Gasteiger partial charge in [-0.15, -0.1) is 0 Å². The largest absolute Gasteiger partial charge is 0.393 e. The molecule has 4 rings (SSSR count). The summed E-state index contributed by atoms with van der Waals surface area (Å²) in [4.78, 5) is 13.0. The topological polar surface area (TPSA) is 57.5 Å². The maximum atomic E-state index is 13.0. The first-order chi connectivity index (χ1) is 10.4. The molecule has 3 heteroatoms. The van der Waals surface area contributed by atoms with E-state index in [1.54, 1.807) is 0 Å². The van der Waals surface area contributed by atoms with Crippen LogP contribution in [0.4, 0.5) is 0 Å². The fourth-order valence-electron chi connectivity index (χ4n) is 6.88. The molecule has 0 bridgehead atoms. The molecule has 0 aromatic rings. The SMILES string of the molecule is C[C@]12CC[C@H]3[C@@H](C(=O)CC4C[C@@H](O)CC[C@@]43C)[C@@H]1CC[C@H]2O. The van der Waals surface area contributed by atoms with Gasteiger partial charge >= 0.3 is 0 Å². The average Bonchev–Trinajstić information content (AvgIpc) is 2.77. The van der Waals surface area contributed by atoms with E-state index in [-0.39, 0.29) is 29.0 Å².